The Bertz CT molecular complexity index is 522. The molecule has 0 bridgehead atoms. The van der Waals surface area contributed by atoms with Crippen LogP contribution >= 0.6 is 0 Å². The summed E-state index contributed by atoms with van der Waals surface area (Å²) in [6.07, 6.45) is 1.92. The lowest BCUT2D eigenvalue weighted by Crippen LogP contribution is -2.50. The minimum absolute atomic E-state index is 0.0583. The van der Waals surface area contributed by atoms with Crippen molar-refractivity contribution in [3.63, 3.8) is 0 Å². The van der Waals surface area contributed by atoms with E-state index in [0.29, 0.717) is 5.92 Å². The van der Waals surface area contributed by atoms with Gasteiger partial charge in [-0.15, -0.1) is 0 Å². The summed E-state index contributed by atoms with van der Waals surface area (Å²) in [6, 6.07) is 7.21. The van der Waals surface area contributed by atoms with Crippen LogP contribution in [0.5, 0.6) is 0 Å². The number of carbonyl (C=O) groups is 2. The van der Waals surface area contributed by atoms with Crippen LogP contribution in [0.1, 0.15) is 36.8 Å². The van der Waals surface area contributed by atoms with E-state index in [-0.39, 0.29) is 5.91 Å². The number of amides is 3. The molecule has 0 aromatic heterocycles. The Morgan fingerprint density at radius 3 is 2.48 bits per heavy atom. The van der Waals surface area contributed by atoms with Gasteiger partial charge in [-0.25, -0.2) is 4.79 Å². The molecule has 1 atom stereocenters. The Balaban J connectivity index is 1.93. The average Bonchev–Trinajstić information content (AvgIpc) is 2.46. The Labute approximate surface area is 125 Å². The molecule has 5 nitrogen and oxygen atoms in total. The van der Waals surface area contributed by atoms with E-state index in [1.165, 1.54) is 11.1 Å². The Hall–Kier alpha value is -2.04. The highest BCUT2D eigenvalue weighted by Gasteiger charge is 2.27. The second-order valence-corrected chi connectivity index (χ2v) is 5.69. The summed E-state index contributed by atoms with van der Waals surface area (Å²) >= 11 is 0. The maximum atomic E-state index is 12.2. The fourth-order valence-electron chi connectivity index (χ4n) is 3.00. The van der Waals surface area contributed by atoms with Gasteiger partial charge in [-0.3, -0.25) is 4.79 Å². The molecule has 0 spiro atoms. The summed E-state index contributed by atoms with van der Waals surface area (Å²) < 4.78 is 0. The number of carbonyl (C=O) groups excluding carboxylic acids is 2. The van der Waals surface area contributed by atoms with E-state index in [1.807, 2.05) is 4.90 Å². The zero-order valence-electron chi connectivity index (χ0n) is 12.6. The number of hydrogen-bond donors (Lipinski definition) is 2. The van der Waals surface area contributed by atoms with Crippen LogP contribution in [0.15, 0.2) is 24.3 Å². The fourth-order valence-corrected chi connectivity index (χ4v) is 3.00. The third kappa shape index (κ3) is 3.74. The Kier molecular flexibility index (Phi) is 4.83. The van der Waals surface area contributed by atoms with Crippen molar-refractivity contribution in [3.8, 4) is 0 Å². The monoisotopic (exact) mass is 289 g/mol. The van der Waals surface area contributed by atoms with Gasteiger partial charge in [0.1, 0.15) is 6.04 Å². The highest BCUT2D eigenvalue weighted by atomic mass is 16.2. The van der Waals surface area contributed by atoms with E-state index in [2.05, 4.69) is 36.5 Å². The summed E-state index contributed by atoms with van der Waals surface area (Å²) in [5, 5.41) is 2.44. The van der Waals surface area contributed by atoms with E-state index < -0.39 is 12.1 Å². The van der Waals surface area contributed by atoms with Crippen LogP contribution in [0.25, 0.3) is 0 Å². The molecule has 2 rings (SSSR count). The lowest BCUT2D eigenvalue weighted by Gasteiger charge is -2.34. The first-order valence-electron chi connectivity index (χ1n) is 7.39. The van der Waals surface area contributed by atoms with E-state index in [0.717, 1.165) is 25.9 Å². The largest absolute Gasteiger partial charge is 0.352 e. The van der Waals surface area contributed by atoms with Crippen LogP contribution in [0.4, 0.5) is 4.79 Å². The quantitative estimate of drug-likeness (QED) is 0.889. The van der Waals surface area contributed by atoms with Gasteiger partial charge in [0.2, 0.25) is 5.91 Å². The first-order valence-corrected chi connectivity index (χ1v) is 7.39. The number of nitrogens with one attached hydrogen (secondary N) is 1. The van der Waals surface area contributed by atoms with Gasteiger partial charge >= 0.3 is 6.03 Å². The molecule has 1 heterocycles. The van der Waals surface area contributed by atoms with Crippen LogP contribution in [-0.2, 0) is 4.79 Å². The van der Waals surface area contributed by atoms with Gasteiger partial charge in [-0.1, -0.05) is 24.3 Å². The predicted molar refractivity (Wildman–Crippen MR) is 81.9 cm³/mol. The molecule has 1 aliphatic rings. The van der Waals surface area contributed by atoms with Crippen molar-refractivity contribution in [2.75, 3.05) is 13.1 Å². The Morgan fingerprint density at radius 2 is 1.90 bits per heavy atom. The number of aryl methyl sites for hydroxylation is 1. The molecule has 3 amide bonds. The number of rotatable bonds is 3. The molecule has 0 aliphatic carbocycles. The molecule has 1 unspecified atom stereocenters. The summed E-state index contributed by atoms with van der Waals surface area (Å²) in [4.78, 5) is 24.8. The molecule has 114 valence electrons. The van der Waals surface area contributed by atoms with E-state index >= 15 is 0 Å². The van der Waals surface area contributed by atoms with Crippen LogP contribution < -0.4 is 11.1 Å². The molecule has 1 saturated heterocycles. The Morgan fingerprint density at radius 1 is 1.29 bits per heavy atom. The molecule has 5 heteroatoms. The van der Waals surface area contributed by atoms with Crippen LogP contribution in [0.3, 0.4) is 0 Å². The van der Waals surface area contributed by atoms with Crippen molar-refractivity contribution >= 4 is 11.9 Å². The minimum Gasteiger partial charge on any atom is -0.352 e. The second kappa shape index (κ2) is 6.61. The number of piperidine rings is 1. The topological polar surface area (TPSA) is 75.4 Å². The number of benzene rings is 1. The summed E-state index contributed by atoms with van der Waals surface area (Å²) in [5.41, 5.74) is 7.75. The molecule has 1 aliphatic heterocycles. The first-order chi connectivity index (χ1) is 9.99. The van der Waals surface area contributed by atoms with Gasteiger partial charge in [0.15, 0.2) is 0 Å². The number of hydrogen-bond acceptors (Lipinski definition) is 2. The van der Waals surface area contributed by atoms with Gasteiger partial charge in [0.25, 0.3) is 0 Å². The number of primary amides is 1. The molecule has 1 aromatic carbocycles. The third-order valence-electron chi connectivity index (χ3n) is 4.16. The molecule has 0 saturated carbocycles. The van der Waals surface area contributed by atoms with Gasteiger partial charge in [-0.2, -0.15) is 0 Å². The maximum Gasteiger partial charge on any atom is 0.312 e. The standard InChI is InChI=1S/C16H23N3O2/c1-11-5-3-4-6-14(11)13-7-9-19(10-8-13)15(20)12(2)18-16(17)21/h3-6,12-13H,7-10H2,1-2H3,(H3,17,18,21). The molecule has 1 aromatic rings. The minimum atomic E-state index is -0.661. The smallest absolute Gasteiger partial charge is 0.312 e. The summed E-state index contributed by atoms with van der Waals surface area (Å²) in [7, 11) is 0. The van der Waals surface area contributed by atoms with Gasteiger partial charge in [-0.05, 0) is 43.7 Å². The van der Waals surface area contributed by atoms with Crippen LogP contribution in [0.2, 0.25) is 0 Å². The van der Waals surface area contributed by atoms with Crippen molar-refractivity contribution in [1.82, 2.24) is 10.2 Å². The molecule has 21 heavy (non-hydrogen) atoms. The van der Waals surface area contributed by atoms with Gasteiger partial charge in [0, 0.05) is 13.1 Å². The summed E-state index contributed by atoms with van der Waals surface area (Å²) in [5.74, 6) is 0.451. The van der Waals surface area contributed by atoms with Crippen LogP contribution in [0, 0.1) is 6.92 Å². The number of nitrogens with zero attached hydrogens (tertiary/aromatic N) is 1. The molecular formula is C16H23N3O2. The lowest BCUT2D eigenvalue weighted by atomic mass is 9.87. The normalized spacial score (nSPS) is 17.3. The average molecular weight is 289 g/mol. The fraction of sp³-hybridized carbons (Fsp3) is 0.500. The molecule has 0 radical (unpaired) electrons. The molecule has 3 N–H and O–H groups in total. The number of likely N-dealkylation sites (tertiary alicyclic amines) is 1. The highest BCUT2D eigenvalue weighted by molar-refractivity contribution is 5.86. The lowest BCUT2D eigenvalue weighted by molar-refractivity contribution is -0.133. The maximum absolute atomic E-state index is 12.2. The van der Waals surface area contributed by atoms with E-state index in [9.17, 15) is 9.59 Å². The number of urea groups is 1. The number of nitrogens with two attached hydrogens (primary N) is 1. The van der Waals surface area contributed by atoms with Crippen LogP contribution in [-0.4, -0.2) is 36.0 Å². The van der Waals surface area contributed by atoms with Crippen molar-refractivity contribution < 1.29 is 9.59 Å². The van der Waals surface area contributed by atoms with Crippen molar-refractivity contribution in [3.05, 3.63) is 35.4 Å². The van der Waals surface area contributed by atoms with E-state index in [4.69, 9.17) is 5.73 Å². The second-order valence-electron chi connectivity index (χ2n) is 5.69. The molecule has 1 fully saturated rings. The van der Waals surface area contributed by atoms with Gasteiger partial charge < -0.3 is 16.0 Å². The first kappa shape index (κ1) is 15.4. The van der Waals surface area contributed by atoms with Crippen molar-refractivity contribution in [2.45, 2.75) is 38.6 Å². The van der Waals surface area contributed by atoms with Crippen molar-refractivity contribution in [2.24, 2.45) is 5.73 Å². The van der Waals surface area contributed by atoms with Crippen molar-refractivity contribution in [1.29, 1.82) is 0 Å². The van der Waals surface area contributed by atoms with Gasteiger partial charge in [0.05, 0.1) is 0 Å². The SMILES string of the molecule is Cc1ccccc1C1CCN(C(=O)C(C)NC(N)=O)CC1. The zero-order valence-corrected chi connectivity index (χ0v) is 12.6. The molecular weight excluding hydrogens is 266 g/mol. The predicted octanol–water partition coefficient (Wildman–Crippen LogP) is 1.76. The summed E-state index contributed by atoms with van der Waals surface area (Å²) in [6.45, 7) is 5.25. The third-order valence-corrected chi connectivity index (χ3v) is 4.16. The zero-order chi connectivity index (χ0) is 15.4. The van der Waals surface area contributed by atoms with E-state index in [1.54, 1.807) is 6.92 Å². The highest BCUT2D eigenvalue weighted by Crippen LogP contribution is 2.30.